The molecule has 3 nitrogen and oxygen atoms in total. The van der Waals surface area contributed by atoms with Gasteiger partial charge in [-0.15, -0.1) is 0 Å². The van der Waals surface area contributed by atoms with E-state index in [4.69, 9.17) is 4.74 Å². The summed E-state index contributed by atoms with van der Waals surface area (Å²) in [5.74, 6) is 0.766. The summed E-state index contributed by atoms with van der Waals surface area (Å²) in [5, 5.41) is 0. The van der Waals surface area contributed by atoms with Crippen LogP contribution in [0.25, 0.3) is 11.3 Å². The maximum Gasteiger partial charge on any atom is 0.197 e. The van der Waals surface area contributed by atoms with Crippen LogP contribution in [0.5, 0.6) is 0 Å². The highest BCUT2D eigenvalue weighted by Crippen LogP contribution is 2.32. The number of ether oxygens (including phenoxy) is 1. The Bertz CT molecular complexity index is 1270. The number of carbonyl (C=O) groups is 2. The molecule has 3 aromatic carbocycles. The van der Waals surface area contributed by atoms with Gasteiger partial charge in [0.25, 0.3) is 0 Å². The molecular formula is C28H18O3. The average Bonchev–Trinajstić information content (AvgIpc) is 3.08. The molecule has 5 rings (SSSR count). The van der Waals surface area contributed by atoms with Gasteiger partial charge in [0.2, 0.25) is 0 Å². The Labute approximate surface area is 180 Å². The summed E-state index contributed by atoms with van der Waals surface area (Å²) in [4.78, 5) is 25.3. The minimum absolute atomic E-state index is 0.155. The third-order valence-electron chi connectivity index (χ3n) is 5.30. The van der Waals surface area contributed by atoms with Crippen molar-refractivity contribution in [3.05, 3.63) is 143 Å². The van der Waals surface area contributed by atoms with Crippen molar-refractivity contribution >= 4 is 22.9 Å². The van der Waals surface area contributed by atoms with Crippen LogP contribution in [0.2, 0.25) is 0 Å². The van der Waals surface area contributed by atoms with Gasteiger partial charge < -0.3 is 4.74 Å². The lowest BCUT2D eigenvalue weighted by Crippen LogP contribution is -2.01. The van der Waals surface area contributed by atoms with Crippen LogP contribution in [0.4, 0.5) is 0 Å². The number of hydrogen-bond donors (Lipinski definition) is 0. The Kier molecular flexibility index (Phi) is 4.77. The molecule has 1 aliphatic carbocycles. The Morgan fingerprint density at radius 3 is 1.74 bits per heavy atom. The first kappa shape index (κ1) is 18.8. The van der Waals surface area contributed by atoms with Gasteiger partial charge in [0.15, 0.2) is 11.6 Å². The van der Waals surface area contributed by atoms with Gasteiger partial charge in [-0.1, -0.05) is 84.9 Å². The highest BCUT2D eigenvalue weighted by molar-refractivity contribution is 6.39. The predicted molar refractivity (Wildman–Crippen MR) is 121 cm³/mol. The van der Waals surface area contributed by atoms with E-state index >= 15 is 0 Å². The van der Waals surface area contributed by atoms with E-state index in [2.05, 4.69) is 0 Å². The van der Waals surface area contributed by atoms with E-state index in [1.807, 2.05) is 72.8 Å². The summed E-state index contributed by atoms with van der Waals surface area (Å²) in [6, 6.07) is 26.8. The van der Waals surface area contributed by atoms with Gasteiger partial charge in [0.1, 0.15) is 11.5 Å². The zero-order valence-electron chi connectivity index (χ0n) is 16.6. The third kappa shape index (κ3) is 3.58. The molecule has 0 saturated carbocycles. The number of fused-ring (bicyclic) bond motifs is 1. The van der Waals surface area contributed by atoms with Crippen molar-refractivity contribution in [2.75, 3.05) is 0 Å². The smallest absolute Gasteiger partial charge is 0.197 e. The molecule has 1 aliphatic heterocycles. The largest absolute Gasteiger partial charge is 0.457 e. The Balaban J connectivity index is 1.55. The predicted octanol–water partition coefficient (Wildman–Crippen LogP) is 6.03. The van der Waals surface area contributed by atoms with Crippen molar-refractivity contribution in [2.24, 2.45) is 0 Å². The van der Waals surface area contributed by atoms with Crippen LogP contribution >= 0.6 is 0 Å². The summed E-state index contributed by atoms with van der Waals surface area (Å²) in [5.41, 5.74) is 4.05. The summed E-state index contributed by atoms with van der Waals surface area (Å²) in [7, 11) is 0. The van der Waals surface area contributed by atoms with Crippen LogP contribution in [-0.4, -0.2) is 11.6 Å². The number of Topliss-reactive ketones (excluding diaryl/α,β-unsaturated/α-hetero) is 2. The molecule has 0 N–H and O–H groups in total. The second kappa shape index (κ2) is 7.88. The van der Waals surface area contributed by atoms with E-state index < -0.39 is 0 Å². The first-order chi connectivity index (χ1) is 15.2. The fourth-order valence-corrected chi connectivity index (χ4v) is 3.74. The molecular weight excluding hydrogens is 384 g/mol. The molecule has 0 fully saturated rings. The molecule has 0 saturated heterocycles. The van der Waals surface area contributed by atoms with Crippen LogP contribution in [0, 0.1) is 0 Å². The lowest BCUT2D eigenvalue weighted by atomic mass is 10.0. The minimum Gasteiger partial charge on any atom is -0.457 e. The van der Waals surface area contributed by atoms with Gasteiger partial charge in [0.05, 0.1) is 5.57 Å². The number of rotatable bonds is 3. The normalized spacial score (nSPS) is 16.5. The zero-order chi connectivity index (χ0) is 21.2. The van der Waals surface area contributed by atoms with Gasteiger partial charge >= 0.3 is 0 Å². The van der Waals surface area contributed by atoms with Crippen molar-refractivity contribution in [1.82, 2.24) is 0 Å². The topological polar surface area (TPSA) is 43.4 Å². The van der Waals surface area contributed by atoms with Gasteiger partial charge in [0, 0.05) is 16.7 Å². The number of benzene rings is 3. The van der Waals surface area contributed by atoms with Gasteiger partial charge in [-0.3, -0.25) is 9.59 Å². The Morgan fingerprint density at radius 2 is 1.13 bits per heavy atom. The second-order valence-corrected chi connectivity index (χ2v) is 7.30. The monoisotopic (exact) mass is 402 g/mol. The summed E-state index contributed by atoms with van der Waals surface area (Å²) < 4.78 is 6.11. The summed E-state index contributed by atoms with van der Waals surface area (Å²) in [6.45, 7) is 0. The maximum absolute atomic E-state index is 12.7. The Hall–Kier alpha value is -4.24. The first-order valence-electron chi connectivity index (χ1n) is 10.0. The molecule has 0 amide bonds. The number of hydrogen-bond acceptors (Lipinski definition) is 3. The van der Waals surface area contributed by atoms with Crippen LogP contribution in [0.1, 0.15) is 31.8 Å². The average molecular weight is 402 g/mol. The number of ketones is 2. The van der Waals surface area contributed by atoms with Crippen molar-refractivity contribution in [1.29, 1.82) is 0 Å². The number of allylic oxidation sites excluding steroid dienone is 6. The van der Waals surface area contributed by atoms with E-state index in [0.717, 1.165) is 16.7 Å². The van der Waals surface area contributed by atoms with Crippen molar-refractivity contribution in [3.8, 4) is 0 Å². The second-order valence-electron chi connectivity index (χ2n) is 7.30. The van der Waals surface area contributed by atoms with Crippen molar-refractivity contribution in [3.63, 3.8) is 0 Å². The molecule has 0 aromatic heterocycles. The minimum atomic E-state index is -0.251. The lowest BCUT2D eigenvalue weighted by molar-refractivity contribution is 0.0989. The molecule has 0 bridgehead atoms. The van der Waals surface area contributed by atoms with Gasteiger partial charge in [-0.2, -0.15) is 0 Å². The molecule has 0 radical (unpaired) electrons. The molecule has 1 heterocycles. The van der Waals surface area contributed by atoms with Crippen molar-refractivity contribution < 1.29 is 14.3 Å². The van der Waals surface area contributed by atoms with E-state index in [9.17, 15) is 9.59 Å². The molecule has 148 valence electrons. The third-order valence-corrected chi connectivity index (χ3v) is 5.30. The molecule has 31 heavy (non-hydrogen) atoms. The Morgan fingerprint density at radius 1 is 0.581 bits per heavy atom. The van der Waals surface area contributed by atoms with Crippen LogP contribution in [-0.2, 0) is 4.74 Å². The summed E-state index contributed by atoms with van der Waals surface area (Å²) >= 11 is 0. The maximum atomic E-state index is 12.7. The van der Waals surface area contributed by atoms with Gasteiger partial charge in [-0.05, 0) is 35.4 Å². The molecule has 0 unspecified atom stereocenters. The molecule has 2 aliphatic rings. The molecule has 0 spiro atoms. The van der Waals surface area contributed by atoms with E-state index in [1.54, 1.807) is 36.4 Å². The van der Waals surface area contributed by atoms with Crippen LogP contribution in [0.3, 0.4) is 0 Å². The fourth-order valence-electron chi connectivity index (χ4n) is 3.74. The van der Waals surface area contributed by atoms with Crippen LogP contribution < -0.4 is 0 Å². The number of carbonyl (C=O) groups excluding carboxylic acids is 2. The molecule has 3 aromatic rings. The highest BCUT2D eigenvalue weighted by Gasteiger charge is 2.32. The zero-order valence-corrected chi connectivity index (χ0v) is 16.6. The van der Waals surface area contributed by atoms with Crippen molar-refractivity contribution in [2.45, 2.75) is 0 Å². The lowest BCUT2D eigenvalue weighted by Gasteiger charge is -2.18. The standard InChI is InChI=1S/C28H18O3/c29-27-23-13-7-8-14-24(23)28(30)25(27)16-15-22-17-21(19-9-3-1-4-10-19)18-26(31-22)20-11-5-2-6-12-20/h1-18H/b22-15+. The van der Waals surface area contributed by atoms with E-state index in [0.29, 0.717) is 22.6 Å². The summed E-state index contributed by atoms with van der Waals surface area (Å²) in [6.07, 6.45) is 7.16. The van der Waals surface area contributed by atoms with E-state index in [-0.39, 0.29) is 17.1 Å². The first-order valence-corrected chi connectivity index (χ1v) is 10.0. The highest BCUT2D eigenvalue weighted by atomic mass is 16.5. The quantitative estimate of drug-likeness (QED) is 0.397. The SMILES string of the molecule is O=C1C(=C/C=C2\C=C(c3ccccc3)C=C(c3ccccc3)O2)C(=O)c2ccccc21. The fraction of sp³-hybridized carbons (Fsp3) is 0. The van der Waals surface area contributed by atoms with Gasteiger partial charge in [-0.25, -0.2) is 0 Å². The molecule has 0 atom stereocenters. The van der Waals surface area contributed by atoms with Crippen LogP contribution in [0.15, 0.2) is 121 Å². The van der Waals surface area contributed by atoms with E-state index in [1.165, 1.54) is 0 Å². The molecule has 3 heteroatoms.